The maximum atomic E-state index is 12.0. The molecule has 3 N–H and O–H groups in total. The van der Waals surface area contributed by atoms with E-state index in [4.69, 9.17) is 26.4 Å². The van der Waals surface area contributed by atoms with Gasteiger partial charge in [0.15, 0.2) is 23.2 Å². The molecule has 0 saturated carbocycles. The minimum Gasteiger partial charge on any atom is -0.497 e. The summed E-state index contributed by atoms with van der Waals surface area (Å²) >= 11 is 4.97. The topological polar surface area (TPSA) is 97.9 Å². The summed E-state index contributed by atoms with van der Waals surface area (Å²) < 4.78 is 15.5. The van der Waals surface area contributed by atoms with Gasteiger partial charge in [0.2, 0.25) is 0 Å². The van der Waals surface area contributed by atoms with Crippen molar-refractivity contribution in [1.82, 2.24) is 16.2 Å². The van der Waals surface area contributed by atoms with Gasteiger partial charge in [0, 0.05) is 5.56 Å². The van der Waals surface area contributed by atoms with Gasteiger partial charge in [-0.3, -0.25) is 25.8 Å². The molecule has 0 atom stereocenters. The summed E-state index contributed by atoms with van der Waals surface area (Å²) in [7, 11) is 3.04. The van der Waals surface area contributed by atoms with Gasteiger partial charge in [0.1, 0.15) is 5.75 Å². The van der Waals surface area contributed by atoms with Crippen molar-refractivity contribution in [3.63, 3.8) is 0 Å². The second kappa shape index (κ2) is 9.97. The average Bonchev–Trinajstić information content (AvgIpc) is 2.70. The fraction of sp³-hybridized carbons (Fsp3) is 0.167. The van der Waals surface area contributed by atoms with Gasteiger partial charge in [-0.1, -0.05) is 12.1 Å². The van der Waals surface area contributed by atoms with E-state index in [-0.39, 0.29) is 11.7 Å². The molecular weight excluding hydrogens is 370 g/mol. The molecule has 0 aliphatic heterocycles. The standard InChI is InChI=1S/C18H19N3O5S/c1-24-13-9-7-12(8-10-13)17(23)19-18(27)21-20-16(22)11-26-15-6-4-3-5-14(15)25-2/h3-10H,11H2,1-2H3,(H,20,22)(H2,19,21,23,27). The Morgan fingerprint density at radius 1 is 0.926 bits per heavy atom. The minimum atomic E-state index is -0.484. The van der Waals surface area contributed by atoms with Crippen molar-refractivity contribution < 1.29 is 23.8 Å². The van der Waals surface area contributed by atoms with E-state index in [0.29, 0.717) is 22.8 Å². The van der Waals surface area contributed by atoms with Crippen molar-refractivity contribution in [1.29, 1.82) is 0 Å². The summed E-state index contributed by atoms with van der Waals surface area (Å²) in [6, 6.07) is 13.4. The molecule has 9 heteroatoms. The van der Waals surface area contributed by atoms with Crippen LogP contribution in [0.25, 0.3) is 0 Å². The first-order chi connectivity index (χ1) is 13.0. The third-order valence-electron chi connectivity index (χ3n) is 3.32. The van der Waals surface area contributed by atoms with Gasteiger partial charge in [0.05, 0.1) is 14.2 Å². The number of amides is 2. The first-order valence-electron chi connectivity index (χ1n) is 7.83. The Labute approximate surface area is 161 Å². The first kappa shape index (κ1) is 20.0. The fourth-order valence-electron chi connectivity index (χ4n) is 1.99. The molecule has 2 aromatic carbocycles. The molecule has 2 amide bonds. The van der Waals surface area contributed by atoms with E-state index in [1.807, 2.05) is 0 Å². The monoisotopic (exact) mass is 389 g/mol. The molecule has 0 fully saturated rings. The quantitative estimate of drug-likeness (QED) is 0.508. The van der Waals surface area contributed by atoms with Gasteiger partial charge in [-0.2, -0.15) is 0 Å². The van der Waals surface area contributed by atoms with Crippen molar-refractivity contribution in [2.24, 2.45) is 0 Å². The molecule has 0 aliphatic rings. The molecule has 0 spiro atoms. The number of para-hydroxylation sites is 2. The summed E-state index contributed by atoms with van der Waals surface area (Å²) in [6.07, 6.45) is 0. The second-order valence-corrected chi connectivity index (χ2v) is 5.53. The number of hydrogen-bond donors (Lipinski definition) is 3. The Balaban J connectivity index is 1.75. The Morgan fingerprint density at radius 3 is 2.22 bits per heavy atom. The molecule has 8 nitrogen and oxygen atoms in total. The number of methoxy groups -OCH3 is 2. The molecule has 0 heterocycles. The lowest BCUT2D eigenvalue weighted by Gasteiger charge is -2.12. The average molecular weight is 389 g/mol. The van der Waals surface area contributed by atoms with Crippen LogP contribution in [-0.4, -0.2) is 37.8 Å². The highest BCUT2D eigenvalue weighted by Gasteiger charge is 2.10. The summed E-state index contributed by atoms with van der Waals surface area (Å²) in [4.78, 5) is 23.9. The zero-order valence-electron chi connectivity index (χ0n) is 14.8. The summed E-state index contributed by atoms with van der Waals surface area (Å²) in [6.45, 7) is -0.261. The lowest BCUT2D eigenvalue weighted by atomic mass is 10.2. The largest absolute Gasteiger partial charge is 0.497 e. The van der Waals surface area contributed by atoms with E-state index in [0.717, 1.165) is 0 Å². The van der Waals surface area contributed by atoms with Crippen LogP contribution >= 0.6 is 12.2 Å². The molecular formula is C18H19N3O5S. The fourth-order valence-corrected chi connectivity index (χ4v) is 2.14. The van der Waals surface area contributed by atoms with E-state index in [1.165, 1.54) is 14.2 Å². The van der Waals surface area contributed by atoms with Crippen LogP contribution in [0.5, 0.6) is 17.2 Å². The smallest absolute Gasteiger partial charge is 0.276 e. The number of benzene rings is 2. The van der Waals surface area contributed by atoms with Crippen LogP contribution in [-0.2, 0) is 4.79 Å². The summed E-state index contributed by atoms with van der Waals surface area (Å²) in [5, 5.41) is 2.39. The molecule has 0 unspecified atom stereocenters. The first-order valence-corrected chi connectivity index (χ1v) is 8.24. The predicted octanol–water partition coefficient (Wildman–Crippen LogP) is 1.42. The van der Waals surface area contributed by atoms with Gasteiger partial charge >= 0.3 is 0 Å². The van der Waals surface area contributed by atoms with Gasteiger partial charge in [-0.25, -0.2) is 0 Å². The minimum absolute atomic E-state index is 0.0542. The number of hydrogen-bond acceptors (Lipinski definition) is 6. The van der Waals surface area contributed by atoms with Crippen LogP contribution in [0, 0.1) is 0 Å². The molecule has 27 heavy (non-hydrogen) atoms. The highest BCUT2D eigenvalue weighted by atomic mass is 32.1. The van der Waals surface area contributed by atoms with Gasteiger partial charge in [-0.15, -0.1) is 0 Å². The second-order valence-electron chi connectivity index (χ2n) is 5.12. The van der Waals surface area contributed by atoms with E-state index in [1.54, 1.807) is 48.5 Å². The molecule has 142 valence electrons. The Morgan fingerprint density at radius 2 is 1.59 bits per heavy atom. The lowest BCUT2D eigenvalue weighted by Crippen LogP contribution is -2.49. The van der Waals surface area contributed by atoms with Crippen molar-refractivity contribution in [2.75, 3.05) is 20.8 Å². The number of hydrazine groups is 1. The molecule has 2 rings (SSSR count). The maximum Gasteiger partial charge on any atom is 0.276 e. The molecule has 0 saturated heterocycles. The van der Waals surface area contributed by atoms with Gasteiger partial charge < -0.3 is 14.2 Å². The van der Waals surface area contributed by atoms with Crippen molar-refractivity contribution in [3.05, 3.63) is 54.1 Å². The maximum absolute atomic E-state index is 12.0. The third kappa shape index (κ3) is 6.15. The number of nitrogens with one attached hydrogen (secondary N) is 3. The number of carbonyl (C=O) groups excluding carboxylic acids is 2. The molecule has 2 aromatic rings. The number of carbonyl (C=O) groups is 2. The molecule has 0 aliphatic carbocycles. The highest BCUT2D eigenvalue weighted by Crippen LogP contribution is 2.25. The van der Waals surface area contributed by atoms with Crippen molar-refractivity contribution in [3.8, 4) is 17.2 Å². The van der Waals surface area contributed by atoms with Crippen LogP contribution in [0.3, 0.4) is 0 Å². The third-order valence-corrected chi connectivity index (χ3v) is 3.53. The van der Waals surface area contributed by atoms with E-state index in [2.05, 4.69) is 16.2 Å². The zero-order chi connectivity index (χ0) is 19.6. The number of ether oxygens (including phenoxy) is 3. The Kier molecular flexibility index (Phi) is 7.38. The molecule has 0 radical (unpaired) electrons. The van der Waals surface area contributed by atoms with Gasteiger partial charge in [-0.05, 0) is 48.6 Å². The van der Waals surface area contributed by atoms with Crippen LogP contribution in [0.15, 0.2) is 48.5 Å². The van der Waals surface area contributed by atoms with Crippen LogP contribution in [0.1, 0.15) is 10.4 Å². The van der Waals surface area contributed by atoms with Crippen molar-refractivity contribution in [2.45, 2.75) is 0 Å². The zero-order valence-corrected chi connectivity index (χ0v) is 15.6. The van der Waals surface area contributed by atoms with E-state index in [9.17, 15) is 9.59 Å². The lowest BCUT2D eigenvalue weighted by molar-refractivity contribution is -0.123. The summed E-state index contributed by atoms with van der Waals surface area (Å²) in [5.41, 5.74) is 5.16. The normalized spacial score (nSPS) is 9.70. The van der Waals surface area contributed by atoms with E-state index >= 15 is 0 Å². The van der Waals surface area contributed by atoms with Crippen molar-refractivity contribution >= 4 is 29.1 Å². The molecule has 0 aromatic heterocycles. The van der Waals surface area contributed by atoms with E-state index < -0.39 is 11.8 Å². The molecule has 0 bridgehead atoms. The summed E-state index contributed by atoms with van der Waals surface area (Å²) in [5.74, 6) is 0.678. The predicted molar refractivity (Wildman–Crippen MR) is 103 cm³/mol. The number of rotatable bonds is 6. The van der Waals surface area contributed by atoms with Crippen LogP contribution in [0.2, 0.25) is 0 Å². The SMILES string of the molecule is COc1ccc(C(=O)NC(=S)NNC(=O)COc2ccccc2OC)cc1. The van der Waals surface area contributed by atoms with Crippen LogP contribution < -0.4 is 30.4 Å². The van der Waals surface area contributed by atoms with Crippen LogP contribution in [0.4, 0.5) is 0 Å². The Hall–Kier alpha value is -3.33. The number of thiocarbonyl (C=S) groups is 1. The Bertz CT molecular complexity index is 811. The highest BCUT2D eigenvalue weighted by molar-refractivity contribution is 7.80. The van der Waals surface area contributed by atoms with Gasteiger partial charge in [0.25, 0.3) is 11.8 Å².